The molecule has 0 radical (unpaired) electrons. The van der Waals surface area contributed by atoms with Crippen LogP contribution in [0, 0.1) is 13.8 Å². The van der Waals surface area contributed by atoms with Gasteiger partial charge in [0.05, 0.1) is 18.9 Å². The number of nitrogens with zero attached hydrogens (tertiary/aromatic N) is 1. The minimum Gasteiger partial charge on any atom is -0.490 e. The number of hydrogen-bond acceptors (Lipinski definition) is 5. The van der Waals surface area contributed by atoms with Gasteiger partial charge in [0.1, 0.15) is 5.76 Å². The van der Waals surface area contributed by atoms with Crippen molar-refractivity contribution in [3.8, 4) is 11.5 Å². The molecular formula is C18H24N2O3. The molecule has 5 heteroatoms. The van der Waals surface area contributed by atoms with Gasteiger partial charge in [-0.15, -0.1) is 0 Å². The molecule has 3 rings (SSSR count). The van der Waals surface area contributed by atoms with Gasteiger partial charge in [-0.3, -0.25) is 0 Å². The first-order valence-electron chi connectivity index (χ1n) is 8.25. The Kier molecular flexibility index (Phi) is 5.18. The number of rotatable bonds is 6. The maximum Gasteiger partial charge on any atom is 0.165 e. The average Bonchev–Trinajstić information content (AvgIpc) is 2.77. The zero-order chi connectivity index (χ0) is 16.1. The van der Waals surface area contributed by atoms with Gasteiger partial charge in [0.2, 0.25) is 0 Å². The molecule has 0 spiro atoms. The van der Waals surface area contributed by atoms with Gasteiger partial charge in [-0.2, -0.15) is 0 Å². The highest BCUT2D eigenvalue weighted by Gasteiger charge is 2.14. The van der Waals surface area contributed by atoms with Crippen molar-refractivity contribution in [2.45, 2.75) is 39.7 Å². The zero-order valence-electron chi connectivity index (χ0n) is 13.9. The highest BCUT2D eigenvalue weighted by atomic mass is 16.5. The van der Waals surface area contributed by atoms with Crippen molar-refractivity contribution in [3.05, 3.63) is 40.8 Å². The summed E-state index contributed by atoms with van der Waals surface area (Å²) in [6, 6.07) is 6.09. The van der Waals surface area contributed by atoms with Crippen LogP contribution in [0.4, 0.5) is 0 Å². The highest BCUT2D eigenvalue weighted by Crippen LogP contribution is 2.33. The molecule has 0 fully saturated rings. The average molecular weight is 316 g/mol. The lowest BCUT2D eigenvalue weighted by Crippen LogP contribution is -2.16. The molecule has 0 atom stereocenters. The Hall–Kier alpha value is -2.01. The molecule has 0 saturated heterocycles. The third kappa shape index (κ3) is 3.85. The third-order valence-corrected chi connectivity index (χ3v) is 4.13. The highest BCUT2D eigenvalue weighted by molar-refractivity contribution is 5.47. The minimum absolute atomic E-state index is 0.718. The number of aryl methyl sites for hydroxylation is 2. The molecule has 0 unspecified atom stereocenters. The van der Waals surface area contributed by atoms with E-state index in [0.717, 1.165) is 74.1 Å². The van der Waals surface area contributed by atoms with Crippen LogP contribution in [-0.4, -0.2) is 24.9 Å². The van der Waals surface area contributed by atoms with Crippen LogP contribution in [0.3, 0.4) is 0 Å². The first-order valence-corrected chi connectivity index (χ1v) is 8.25. The van der Waals surface area contributed by atoms with E-state index in [1.807, 2.05) is 26.0 Å². The van der Waals surface area contributed by atoms with Crippen LogP contribution >= 0.6 is 0 Å². The second kappa shape index (κ2) is 7.51. The smallest absolute Gasteiger partial charge is 0.165 e. The van der Waals surface area contributed by atoms with Crippen molar-refractivity contribution in [1.82, 2.24) is 10.5 Å². The molecule has 1 N–H and O–H groups in total. The number of aromatic nitrogens is 1. The molecule has 0 aliphatic carbocycles. The fourth-order valence-electron chi connectivity index (χ4n) is 2.87. The first-order chi connectivity index (χ1) is 11.3. The molecule has 124 valence electrons. The van der Waals surface area contributed by atoms with Crippen LogP contribution in [-0.2, 0) is 13.0 Å². The Morgan fingerprint density at radius 1 is 1.17 bits per heavy atom. The van der Waals surface area contributed by atoms with Crippen LogP contribution < -0.4 is 14.8 Å². The van der Waals surface area contributed by atoms with Crippen molar-refractivity contribution < 1.29 is 14.0 Å². The van der Waals surface area contributed by atoms with Gasteiger partial charge in [-0.05, 0) is 39.3 Å². The number of ether oxygens (including phenoxy) is 2. The number of benzene rings is 1. The molecule has 1 aromatic carbocycles. The van der Waals surface area contributed by atoms with Crippen molar-refractivity contribution in [1.29, 1.82) is 0 Å². The van der Waals surface area contributed by atoms with Gasteiger partial charge in [0.15, 0.2) is 11.5 Å². The van der Waals surface area contributed by atoms with Crippen molar-refractivity contribution in [2.24, 2.45) is 0 Å². The lowest BCUT2D eigenvalue weighted by Gasteiger charge is -2.13. The van der Waals surface area contributed by atoms with Crippen LogP contribution in [0.25, 0.3) is 0 Å². The lowest BCUT2D eigenvalue weighted by atomic mass is 10.1. The van der Waals surface area contributed by atoms with E-state index in [0.29, 0.717) is 0 Å². The summed E-state index contributed by atoms with van der Waals surface area (Å²) in [5.41, 5.74) is 3.39. The van der Waals surface area contributed by atoms with Gasteiger partial charge in [0.25, 0.3) is 0 Å². The van der Waals surface area contributed by atoms with Crippen LogP contribution in [0.2, 0.25) is 0 Å². The maximum absolute atomic E-state index is 5.84. The summed E-state index contributed by atoms with van der Waals surface area (Å²) in [6.45, 7) is 7.13. The summed E-state index contributed by atoms with van der Waals surface area (Å²) in [7, 11) is 0. The van der Waals surface area contributed by atoms with E-state index in [1.165, 1.54) is 5.56 Å². The SMILES string of the molecule is Cc1noc(C)c1CCCNCc1cccc2c1OCCCO2. The molecule has 1 aliphatic rings. The van der Waals surface area contributed by atoms with Gasteiger partial charge >= 0.3 is 0 Å². The van der Waals surface area contributed by atoms with E-state index < -0.39 is 0 Å². The minimum atomic E-state index is 0.718. The molecule has 2 aromatic rings. The molecule has 0 saturated carbocycles. The molecule has 23 heavy (non-hydrogen) atoms. The van der Waals surface area contributed by atoms with Crippen molar-refractivity contribution >= 4 is 0 Å². The quantitative estimate of drug-likeness (QED) is 0.830. The van der Waals surface area contributed by atoms with Crippen molar-refractivity contribution in [3.63, 3.8) is 0 Å². The normalized spacial score (nSPS) is 13.8. The number of hydrogen-bond donors (Lipinski definition) is 1. The topological polar surface area (TPSA) is 56.5 Å². The molecule has 2 heterocycles. The number of nitrogens with one attached hydrogen (secondary N) is 1. The number of para-hydroxylation sites is 1. The van der Waals surface area contributed by atoms with E-state index in [2.05, 4.69) is 16.5 Å². The Balaban J connectivity index is 1.50. The standard InChI is InChI=1S/C18H24N2O3/c1-13-16(14(2)23-20-13)7-4-9-19-12-15-6-3-8-17-18(15)22-11-5-10-21-17/h3,6,8,19H,4-5,7,9-12H2,1-2H3. The Morgan fingerprint density at radius 2 is 2.04 bits per heavy atom. The summed E-state index contributed by atoms with van der Waals surface area (Å²) in [4.78, 5) is 0. The van der Waals surface area contributed by atoms with Gasteiger partial charge in [0, 0.05) is 24.1 Å². The van der Waals surface area contributed by atoms with E-state index >= 15 is 0 Å². The molecule has 0 amide bonds. The monoisotopic (exact) mass is 316 g/mol. The second-order valence-electron chi connectivity index (χ2n) is 5.88. The van der Waals surface area contributed by atoms with E-state index in [9.17, 15) is 0 Å². The maximum atomic E-state index is 5.84. The Labute approximate surface area is 137 Å². The van der Waals surface area contributed by atoms with E-state index in [-0.39, 0.29) is 0 Å². The summed E-state index contributed by atoms with van der Waals surface area (Å²) in [6.07, 6.45) is 2.97. The van der Waals surface area contributed by atoms with E-state index in [1.54, 1.807) is 0 Å². The molecule has 1 aromatic heterocycles. The van der Waals surface area contributed by atoms with Gasteiger partial charge < -0.3 is 19.3 Å². The van der Waals surface area contributed by atoms with Crippen LogP contribution in [0.1, 0.15) is 35.4 Å². The molecule has 1 aliphatic heterocycles. The predicted molar refractivity (Wildman–Crippen MR) is 88.1 cm³/mol. The summed E-state index contributed by atoms with van der Waals surface area (Å²) in [5, 5.41) is 7.48. The fourth-order valence-corrected chi connectivity index (χ4v) is 2.87. The Morgan fingerprint density at radius 3 is 2.87 bits per heavy atom. The molecule has 5 nitrogen and oxygen atoms in total. The first kappa shape index (κ1) is 15.9. The lowest BCUT2D eigenvalue weighted by molar-refractivity contribution is 0.296. The predicted octanol–water partition coefficient (Wildman–Crippen LogP) is 3.18. The summed E-state index contributed by atoms with van der Waals surface area (Å²) < 4.78 is 16.8. The summed E-state index contributed by atoms with van der Waals surface area (Å²) >= 11 is 0. The summed E-state index contributed by atoms with van der Waals surface area (Å²) in [5.74, 6) is 2.68. The third-order valence-electron chi connectivity index (χ3n) is 4.13. The van der Waals surface area contributed by atoms with Gasteiger partial charge in [-0.25, -0.2) is 0 Å². The Bertz CT molecular complexity index is 632. The fraction of sp³-hybridized carbons (Fsp3) is 0.500. The zero-order valence-corrected chi connectivity index (χ0v) is 13.9. The molecule has 0 bridgehead atoms. The van der Waals surface area contributed by atoms with Crippen LogP contribution in [0.15, 0.2) is 22.7 Å². The second-order valence-corrected chi connectivity index (χ2v) is 5.88. The van der Waals surface area contributed by atoms with Crippen LogP contribution in [0.5, 0.6) is 11.5 Å². The van der Waals surface area contributed by atoms with E-state index in [4.69, 9.17) is 14.0 Å². The van der Waals surface area contributed by atoms with Gasteiger partial charge in [-0.1, -0.05) is 17.3 Å². The van der Waals surface area contributed by atoms with Crippen molar-refractivity contribution in [2.75, 3.05) is 19.8 Å². The molecular weight excluding hydrogens is 292 g/mol. The number of fused-ring (bicyclic) bond motifs is 1. The largest absolute Gasteiger partial charge is 0.490 e.